The molecule has 0 radical (unpaired) electrons. The lowest BCUT2D eigenvalue weighted by Gasteiger charge is -2.16. The van der Waals surface area contributed by atoms with Crippen molar-refractivity contribution in [2.75, 3.05) is 0 Å². The van der Waals surface area contributed by atoms with Crippen molar-refractivity contribution < 1.29 is 14.8 Å². The van der Waals surface area contributed by atoms with Gasteiger partial charge in [-0.25, -0.2) is 0 Å². The Morgan fingerprint density at radius 3 is 1.84 bits per heavy atom. The molecule has 0 atom stereocenters. The van der Waals surface area contributed by atoms with E-state index in [0.717, 1.165) is 29.5 Å². The SMILES string of the molecule is O=C1/C(=C\c2ccc(O)cc2)CCC/C1=C/c1ccc([N+](=O)[O-])cc1. The molecule has 25 heavy (non-hydrogen) atoms. The predicted octanol–water partition coefficient (Wildman–Crippen LogP) is 4.52. The molecule has 1 fully saturated rings. The quantitative estimate of drug-likeness (QED) is 0.508. The Hall–Kier alpha value is -3.21. The first-order valence-corrected chi connectivity index (χ1v) is 8.02. The standard InChI is InChI=1S/C20H17NO4/c22-19-10-6-15(7-11-19)13-17-3-1-2-16(20(17)23)12-14-4-8-18(9-5-14)21(24)25/h4-13,22H,1-3H2/b16-12-,17-13-. The van der Waals surface area contributed by atoms with Crippen LogP contribution in [0.1, 0.15) is 30.4 Å². The molecule has 2 aromatic carbocycles. The molecule has 0 aromatic heterocycles. The fourth-order valence-corrected chi connectivity index (χ4v) is 2.84. The van der Waals surface area contributed by atoms with Crippen LogP contribution in [0.15, 0.2) is 59.7 Å². The molecule has 126 valence electrons. The maximum atomic E-state index is 12.7. The predicted molar refractivity (Wildman–Crippen MR) is 96.0 cm³/mol. The molecule has 0 unspecified atom stereocenters. The third kappa shape index (κ3) is 4.01. The maximum absolute atomic E-state index is 12.7. The van der Waals surface area contributed by atoms with E-state index in [9.17, 15) is 20.0 Å². The number of nitrogens with zero attached hydrogens (tertiary/aromatic N) is 1. The third-order valence-electron chi connectivity index (χ3n) is 4.15. The molecule has 0 spiro atoms. The zero-order chi connectivity index (χ0) is 17.8. The van der Waals surface area contributed by atoms with Gasteiger partial charge in [-0.1, -0.05) is 12.1 Å². The molecule has 1 saturated carbocycles. The Morgan fingerprint density at radius 2 is 1.36 bits per heavy atom. The lowest BCUT2D eigenvalue weighted by atomic mass is 9.87. The van der Waals surface area contributed by atoms with Crippen molar-refractivity contribution in [3.05, 3.63) is 80.9 Å². The zero-order valence-electron chi connectivity index (χ0n) is 13.5. The first-order chi connectivity index (χ1) is 12.0. The number of allylic oxidation sites excluding steroid dienone is 2. The number of carbonyl (C=O) groups excluding carboxylic acids is 1. The highest BCUT2D eigenvalue weighted by Crippen LogP contribution is 2.28. The molecular formula is C20H17NO4. The number of phenolic OH excluding ortho intramolecular Hbond substituents is 1. The second-order valence-electron chi connectivity index (χ2n) is 5.96. The van der Waals surface area contributed by atoms with Gasteiger partial charge in [-0.3, -0.25) is 14.9 Å². The smallest absolute Gasteiger partial charge is 0.269 e. The molecule has 0 saturated heterocycles. The van der Waals surface area contributed by atoms with Crippen LogP contribution >= 0.6 is 0 Å². The van der Waals surface area contributed by atoms with Gasteiger partial charge in [0.05, 0.1) is 4.92 Å². The van der Waals surface area contributed by atoms with Crippen LogP contribution in [0, 0.1) is 10.1 Å². The van der Waals surface area contributed by atoms with Crippen molar-refractivity contribution in [3.63, 3.8) is 0 Å². The van der Waals surface area contributed by atoms with Gasteiger partial charge in [-0.2, -0.15) is 0 Å². The Morgan fingerprint density at radius 1 is 0.880 bits per heavy atom. The number of non-ortho nitro benzene ring substituents is 1. The fourth-order valence-electron chi connectivity index (χ4n) is 2.84. The van der Waals surface area contributed by atoms with Crippen molar-refractivity contribution in [3.8, 4) is 5.75 Å². The Bertz CT molecular complexity index is 862. The normalized spacial score (nSPS) is 17.8. The number of rotatable bonds is 3. The topological polar surface area (TPSA) is 80.4 Å². The molecule has 0 heterocycles. The van der Waals surface area contributed by atoms with Crippen LogP contribution in [0.25, 0.3) is 12.2 Å². The van der Waals surface area contributed by atoms with Crippen LogP contribution < -0.4 is 0 Å². The van der Waals surface area contributed by atoms with Crippen LogP contribution in [0.4, 0.5) is 5.69 Å². The minimum atomic E-state index is -0.443. The number of benzene rings is 2. The molecule has 5 nitrogen and oxygen atoms in total. The second-order valence-corrected chi connectivity index (χ2v) is 5.96. The van der Waals surface area contributed by atoms with E-state index in [1.807, 2.05) is 6.08 Å². The molecule has 5 heteroatoms. The van der Waals surface area contributed by atoms with Crippen molar-refractivity contribution in [2.45, 2.75) is 19.3 Å². The summed E-state index contributed by atoms with van der Waals surface area (Å²) in [5.41, 5.74) is 3.14. The van der Waals surface area contributed by atoms with E-state index >= 15 is 0 Å². The Balaban J connectivity index is 1.84. The summed E-state index contributed by atoms with van der Waals surface area (Å²) in [6.45, 7) is 0. The van der Waals surface area contributed by atoms with E-state index in [0.29, 0.717) is 12.0 Å². The van der Waals surface area contributed by atoms with Crippen molar-refractivity contribution in [1.82, 2.24) is 0 Å². The summed E-state index contributed by atoms with van der Waals surface area (Å²) in [5.74, 6) is 0.202. The number of nitro groups is 1. The summed E-state index contributed by atoms with van der Waals surface area (Å²) in [6, 6.07) is 12.9. The van der Waals surface area contributed by atoms with Gasteiger partial charge in [0.1, 0.15) is 5.75 Å². The number of nitro benzene ring substituents is 1. The number of Topliss-reactive ketones (excluding diaryl/α,β-unsaturated/α-hetero) is 1. The summed E-state index contributed by atoms with van der Waals surface area (Å²) in [5, 5.41) is 20.0. The van der Waals surface area contributed by atoms with Crippen molar-refractivity contribution in [2.24, 2.45) is 0 Å². The number of aromatic hydroxyl groups is 1. The minimum Gasteiger partial charge on any atom is -0.508 e. The molecule has 0 bridgehead atoms. The molecule has 1 N–H and O–H groups in total. The number of carbonyl (C=O) groups is 1. The number of hydrogen-bond donors (Lipinski definition) is 1. The Kier molecular flexibility index (Phi) is 4.75. The molecular weight excluding hydrogens is 318 g/mol. The highest BCUT2D eigenvalue weighted by atomic mass is 16.6. The maximum Gasteiger partial charge on any atom is 0.269 e. The Labute approximate surface area is 145 Å². The van der Waals surface area contributed by atoms with Gasteiger partial charge in [0.25, 0.3) is 5.69 Å². The monoisotopic (exact) mass is 335 g/mol. The van der Waals surface area contributed by atoms with Gasteiger partial charge in [0.15, 0.2) is 5.78 Å². The summed E-state index contributed by atoms with van der Waals surface area (Å²) in [7, 11) is 0. The van der Waals surface area contributed by atoms with Crippen LogP contribution in [0.3, 0.4) is 0 Å². The van der Waals surface area contributed by atoms with Crippen LogP contribution in [-0.4, -0.2) is 15.8 Å². The van der Waals surface area contributed by atoms with E-state index < -0.39 is 4.92 Å². The summed E-state index contributed by atoms with van der Waals surface area (Å²) < 4.78 is 0. The summed E-state index contributed by atoms with van der Waals surface area (Å²) in [6.07, 6.45) is 5.95. The van der Waals surface area contributed by atoms with E-state index in [1.165, 1.54) is 12.1 Å². The molecule has 3 rings (SSSR count). The lowest BCUT2D eigenvalue weighted by molar-refractivity contribution is -0.384. The van der Waals surface area contributed by atoms with Crippen molar-refractivity contribution in [1.29, 1.82) is 0 Å². The lowest BCUT2D eigenvalue weighted by Crippen LogP contribution is -2.12. The number of hydrogen-bond acceptors (Lipinski definition) is 4. The first-order valence-electron chi connectivity index (χ1n) is 8.02. The van der Waals surface area contributed by atoms with Gasteiger partial charge in [-0.15, -0.1) is 0 Å². The van der Waals surface area contributed by atoms with Gasteiger partial charge in [0.2, 0.25) is 0 Å². The van der Waals surface area contributed by atoms with E-state index in [2.05, 4.69) is 0 Å². The molecule has 2 aromatic rings. The van der Waals surface area contributed by atoms with E-state index in [1.54, 1.807) is 42.5 Å². The summed E-state index contributed by atoms with van der Waals surface area (Å²) in [4.78, 5) is 22.9. The average molecular weight is 335 g/mol. The third-order valence-corrected chi connectivity index (χ3v) is 4.15. The number of phenols is 1. The molecule has 0 amide bonds. The van der Waals surface area contributed by atoms with E-state index in [4.69, 9.17) is 0 Å². The average Bonchev–Trinajstić information content (AvgIpc) is 2.61. The second kappa shape index (κ2) is 7.13. The number of ketones is 1. The zero-order valence-corrected chi connectivity index (χ0v) is 13.5. The largest absolute Gasteiger partial charge is 0.508 e. The first kappa shape index (κ1) is 16.6. The minimum absolute atomic E-state index is 0.0117. The molecule has 1 aliphatic rings. The van der Waals surface area contributed by atoms with Crippen LogP contribution in [0.5, 0.6) is 5.75 Å². The highest BCUT2D eigenvalue weighted by Gasteiger charge is 2.20. The van der Waals surface area contributed by atoms with Gasteiger partial charge >= 0.3 is 0 Å². The van der Waals surface area contributed by atoms with Crippen molar-refractivity contribution >= 4 is 23.6 Å². The van der Waals surface area contributed by atoms with Gasteiger partial charge in [0, 0.05) is 23.3 Å². The fraction of sp³-hybridized carbons (Fsp3) is 0.150. The van der Waals surface area contributed by atoms with Crippen LogP contribution in [-0.2, 0) is 4.79 Å². The van der Waals surface area contributed by atoms with E-state index in [-0.39, 0.29) is 17.2 Å². The molecule has 1 aliphatic carbocycles. The summed E-state index contributed by atoms with van der Waals surface area (Å²) >= 11 is 0. The van der Waals surface area contributed by atoms with Gasteiger partial charge in [-0.05, 0) is 66.8 Å². The molecule has 0 aliphatic heterocycles. The van der Waals surface area contributed by atoms with Gasteiger partial charge < -0.3 is 5.11 Å². The highest BCUT2D eigenvalue weighted by molar-refractivity contribution is 6.13. The van der Waals surface area contributed by atoms with Crippen LogP contribution in [0.2, 0.25) is 0 Å².